The van der Waals surface area contributed by atoms with Crippen LogP contribution in [0.5, 0.6) is 0 Å². The van der Waals surface area contributed by atoms with Gasteiger partial charge in [0.05, 0.1) is 37.0 Å². The van der Waals surface area contributed by atoms with Gasteiger partial charge in [-0.3, -0.25) is 47.9 Å². The summed E-state index contributed by atoms with van der Waals surface area (Å²) in [5, 5.41) is 76.2. The highest BCUT2D eigenvalue weighted by Gasteiger charge is 2.41. The number of unbranched alkanes of at least 4 members (excludes halogenated alkanes) is 9. The highest BCUT2D eigenvalue weighted by atomic mass is 35.5. The maximum absolute atomic E-state index is 14.5. The molecule has 0 aromatic carbocycles. The van der Waals surface area contributed by atoms with E-state index >= 15 is 0 Å². The van der Waals surface area contributed by atoms with Gasteiger partial charge in [-0.2, -0.15) is 0 Å². The van der Waals surface area contributed by atoms with Gasteiger partial charge in [0.15, 0.2) is 12.1 Å². The summed E-state index contributed by atoms with van der Waals surface area (Å²) in [4.78, 5) is 168. The third-order valence-electron chi connectivity index (χ3n) is 14.6. The average Bonchev–Trinajstić information content (AvgIpc) is 1.31. The molecule has 10 amide bonds. The number of ether oxygens (including phenoxy) is 1. The molecule has 1 heterocycles. The number of hydrogen-bond acceptors (Lipinski definition) is 21. The van der Waals surface area contributed by atoms with E-state index in [-0.39, 0.29) is 51.9 Å². The Labute approximate surface area is 530 Å². The second kappa shape index (κ2) is 45.6. The van der Waals surface area contributed by atoms with Gasteiger partial charge < -0.3 is 106 Å². The number of nitrogens with zero attached hydrogens (tertiary/aromatic N) is 1. The van der Waals surface area contributed by atoms with Crippen molar-refractivity contribution in [1.29, 1.82) is 0 Å². The Bertz CT molecular complexity index is 2340. The Morgan fingerprint density at radius 2 is 1.16 bits per heavy atom. The highest BCUT2D eigenvalue weighted by Crippen LogP contribution is 2.14. The summed E-state index contributed by atoms with van der Waals surface area (Å²) in [5.41, 5.74) is 16.7. The summed E-state index contributed by atoms with van der Waals surface area (Å²) in [5.74, 6) is -16.4. The zero-order valence-corrected chi connectivity index (χ0v) is 53.2. The van der Waals surface area contributed by atoms with Gasteiger partial charge >= 0.3 is 11.9 Å². The lowest BCUT2D eigenvalue weighted by Crippen LogP contribution is -2.62. The van der Waals surface area contributed by atoms with Crippen LogP contribution in [0.4, 0.5) is 0 Å². The summed E-state index contributed by atoms with van der Waals surface area (Å²) >= 11 is 5.91. The van der Waals surface area contributed by atoms with Crippen molar-refractivity contribution in [2.75, 3.05) is 58.3 Å². The van der Waals surface area contributed by atoms with Crippen LogP contribution in [0.3, 0.4) is 0 Å². The summed E-state index contributed by atoms with van der Waals surface area (Å²) in [6, 6.07) is -15.5. The number of nitrogens with two attached hydrogens (primary N) is 3. The van der Waals surface area contributed by atoms with Crippen molar-refractivity contribution in [3.05, 3.63) is 11.8 Å². The fourth-order valence-electron chi connectivity index (χ4n) is 9.20. The number of carboxylic acid groups (broad SMARTS) is 1. The van der Waals surface area contributed by atoms with Crippen molar-refractivity contribution in [3.8, 4) is 0 Å². The third-order valence-corrected chi connectivity index (χ3v) is 14.9. The molecule has 12 atom stereocenters. The van der Waals surface area contributed by atoms with Crippen LogP contribution in [0.2, 0.25) is 0 Å². The maximum Gasteiger partial charge on any atom is 0.335 e. The number of allylic oxidation sites excluding steroid dienone is 1. The van der Waals surface area contributed by atoms with E-state index in [2.05, 4.69) is 49.5 Å². The highest BCUT2D eigenvalue weighted by molar-refractivity contribution is 6.18. The minimum atomic E-state index is -2.83. The molecule has 33 heteroatoms. The molecule has 0 radical (unpaired) electrons. The van der Waals surface area contributed by atoms with Crippen LogP contribution < -0.4 is 70.4 Å². The predicted octanol–water partition coefficient (Wildman–Crippen LogP) is -4.79. The van der Waals surface area contributed by atoms with Gasteiger partial charge in [0.1, 0.15) is 54.6 Å². The smallest absolute Gasteiger partial charge is 0.335 e. The minimum Gasteiger partial charge on any atom is -0.479 e. The number of aliphatic hydroxyl groups excluding tert-OH is 4. The summed E-state index contributed by atoms with van der Waals surface area (Å²) in [6.45, 7) is 8.36. The lowest BCUT2D eigenvalue weighted by molar-refractivity contribution is -0.155. The van der Waals surface area contributed by atoms with Crippen LogP contribution in [0.15, 0.2) is 11.8 Å². The van der Waals surface area contributed by atoms with Gasteiger partial charge in [-0.15, -0.1) is 11.6 Å². The number of alkyl halides is 1. The first kappa shape index (κ1) is 81.4. The van der Waals surface area contributed by atoms with E-state index in [1.807, 2.05) is 29.4 Å². The second-order valence-electron chi connectivity index (χ2n) is 21.9. The number of likely N-dealkylation sites (N-methyl/N-ethyl adjacent to an activating group) is 1. The van der Waals surface area contributed by atoms with Crippen LogP contribution in [0, 0.1) is 0 Å². The Balaban J connectivity index is 4.14. The number of halogens is 1. The fraction of sp³-hybridized carbons (Fsp3) is 0.754. The number of hydrogen-bond donors (Lipinski definition) is 18. The van der Waals surface area contributed by atoms with E-state index in [1.165, 1.54) is 6.92 Å². The van der Waals surface area contributed by atoms with Crippen molar-refractivity contribution in [1.82, 2.24) is 58.1 Å². The molecule has 0 aromatic rings. The molecule has 0 aliphatic carbocycles. The third kappa shape index (κ3) is 30.9. The number of rotatable bonds is 33. The molecule has 1 fully saturated rings. The van der Waals surface area contributed by atoms with Gasteiger partial charge in [-0.1, -0.05) is 84.6 Å². The molecule has 21 N–H and O–H groups in total. The van der Waals surface area contributed by atoms with E-state index in [0.717, 1.165) is 64.4 Å². The zero-order valence-electron chi connectivity index (χ0n) is 52.5. The number of carbonyl (C=O) groups is 12. The SMILES string of the molecule is C/C=C1/NC(=O)[C@H]([C@H](C)O)NC(=O)[C@H](CCN)NC(=O)[C@H](CCCCN)NC(=O)[C@H](CC(=O)NCCN(CC)CC)NC(=O)[C@@H](CCN)NC(=O)[C@@H](NC(=O)C[C@@H](O)CCCCCCCCCCC)COC(=O)[C@H]([C@H](O)CCl)NC(=O)[C@H](C(O)C(=O)O)NC1=O. The Morgan fingerprint density at radius 3 is 1.68 bits per heavy atom. The molecule has 90 heavy (non-hydrogen) atoms. The average molecular weight is 1310 g/mol. The van der Waals surface area contributed by atoms with Crippen molar-refractivity contribution in [2.24, 2.45) is 17.2 Å². The van der Waals surface area contributed by atoms with Gasteiger partial charge in [0, 0.05) is 13.1 Å². The Kier molecular flexibility index (Phi) is 41.2. The first-order valence-electron chi connectivity index (χ1n) is 30.9. The normalized spacial score (nSPS) is 23.6. The molecule has 1 unspecified atom stereocenters. The van der Waals surface area contributed by atoms with Crippen LogP contribution in [-0.4, -0.2) is 232 Å². The number of esters is 1. The summed E-state index contributed by atoms with van der Waals surface area (Å²) in [6.07, 6.45) is 0.311. The molecule has 32 nitrogen and oxygen atoms in total. The van der Waals surface area contributed by atoms with E-state index in [9.17, 15) is 83.1 Å². The Morgan fingerprint density at radius 1 is 0.633 bits per heavy atom. The molecule has 1 aliphatic rings. The Hall–Kier alpha value is -6.65. The van der Waals surface area contributed by atoms with E-state index in [1.54, 1.807) is 0 Å². The zero-order chi connectivity index (χ0) is 67.9. The predicted molar refractivity (Wildman–Crippen MR) is 328 cm³/mol. The van der Waals surface area contributed by atoms with Gasteiger partial charge in [-0.25, -0.2) is 9.59 Å². The summed E-state index contributed by atoms with van der Waals surface area (Å²) in [7, 11) is 0. The van der Waals surface area contributed by atoms with E-state index in [0.29, 0.717) is 32.5 Å². The van der Waals surface area contributed by atoms with Crippen LogP contribution in [0.25, 0.3) is 0 Å². The first-order chi connectivity index (χ1) is 42.8. The van der Waals surface area contributed by atoms with Crippen LogP contribution in [-0.2, 0) is 62.3 Å². The van der Waals surface area contributed by atoms with Gasteiger partial charge in [0.25, 0.3) is 5.91 Å². The van der Waals surface area contributed by atoms with Gasteiger partial charge in [0.2, 0.25) is 53.2 Å². The van der Waals surface area contributed by atoms with E-state index in [4.69, 9.17) is 33.5 Å². The molecular formula is C57H101ClN14O18. The van der Waals surface area contributed by atoms with Crippen molar-refractivity contribution < 1.29 is 87.8 Å². The molecule has 514 valence electrons. The molecule has 0 aromatic heterocycles. The number of amides is 10. The summed E-state index contributed by atoms with van der Waals surface area (Å²) < 4.78 is 5.35. The molecule has 0 spiro atoms. The molecule has 0 bridgehead atoms. The van der Waals surface area contributed by atoms with E-state index < -0.39 is 181 Å². The largest absolute Gasteiger partial charge is 0.479 e. The number of aliphatic carboxylic acids is 1. The van der Waals surface area contributed by atoms with Crippen molar-refractivity contribution in [2.45, 2.75) is 217 Å². The maximum atomic E-state index is 14.5. The lowest BCUT2D eigenvalue weighted by Gasteiger charge is -2.29. The topological polar surface area (TPSA) is 517 Å². The molecule has 1 saturated heterocycles. The molecular weight excluding hydrogens is 1200 g/mol. The number of cyclic esters (lactones) is 1. The quantitative estimate of drug-likeness (QED) is 0.0127. The van der Waals surface area contributed by atoms with Crippen LogP contribution >= 0.6 is 11.6 Å². The van der Waals surface area contributed by atoms with Crippen molar-refractivity contribution >= 4 is 82.6 Å². The fourth-order valence-corrected chi connectivity index (χ4v) is 9.38. The molecule has 0 saturated carbocycles. The monoisotopic (exact) mass is 1300 g/mol. The lowest BCUT2D eigenvalue weighted by atomic mass is 10.0. The number of aliphatic hydroxyl groups is 4. The first-order valence-corrected chi connectivity index (χ1v) is 31.5. The number of nitrogens with one attached hydrogen (secondary N) is 10. The minimum absolute atomic E-state index is 0.104. The second-order valence-corrected chi connectivity index (χ2v) is 22.2. The van der Waals surface area contributed by atoms with Gasteiger partial charge in [-0.05, 0) is 85.1 Å². The number of carboxylic acids is 1. The standard InChI is InChI=1S/C57H101ClN14O18/c1-6-10-11-12-13-14-15-16-17-20-34(74)29-43(77)63-40-32-90-57(89)45(41(75)31-58)70-55(86)46(47(78)56(87)88)71-48(79)35(7-2)64-54(85)44(33(5)73)69-51(82)38(23-26-61)66-49(80)36(21-18-19-24-59)65-52(83)39(30-42(76)62-27-28-72(8-3)9-4)68-50(81)37(22-25-60)67-53(40)84/h7,33-34,36-41,44-47,73-75,78H,6,8-32,59-61H2,1-5H3,(H,62,76)(H,63,77)(H,64,85)(H,65,83)(H,66,80)(H,67,84)(H,68,81)(H,69,82)(H,70,86)(H,71,79)(H,87,88)/b35-7+/t33-,34-,36-,37+,38-,39-,40-,41+,44-,45-,46-,47?/m0/s1. The molecule has 1 aliphatic heterocycles. The molecule has 1 rings (SSSR count). The van der Waals surface area contributed by atoms with Crippen LogP contribution in [0.1, 0.15) is 144 Å². The number of carbonyl (C=O) groups excluding carboxylic acids is 11. The van der Waals surface area contributed by atoms with Crippen molar-refractivity contribution in [3.63, 3.8) is 0 Å².